The van der Waals surface area contributed by atoms with Crippen LogP contribution in [0.25, 0.3) is 0 Å². The normalized spacial score (nSPS) is 16.2. The van der Waals surface area contributed by atoms with E-state index < -0.39 is 0 Å². The van der Waals surface area contributed by atoms with Crippen molar-refractivity contribution in [2.75, 3.05) is 19.6 Å². The van der Waals surface area contributed by atoms with Crippen LogP contribution in [-0.4, -0.2) is 30.4 Å². The third kappa shape index (κ3) is 4.26. The summed E-state index contributed by atoms with van der Waals surface area (Å²) in [5.74, 6) is 2.03. The van der Waals surface area contributed by atoms with Crippen LogP contribution in [0, 0.1) is 19.8 Å². The molecule has 0 aliphatic carbocycles. The molecule has 0 radical (unpaired) electrons. The Hall–Kier alpha value is -2.07. The number of carbonyl (C=O) groups is 1. The number of furan rings is 1. The molecule has 1 aliphatic heterocycles. The molecule has 0 saturated carbocycles. The van der Waals surface area contributed by atoms with Gasteiger partial charge in [-0.2, -0.15) is 0 Å². The highest BCUT2D eigenvalue weighted by Gasteiger charge is 2.21. The van der Waals surface area contributed by atoms with E-state index in [2.05, 4.69) is 40.5 Å². The second-order valence-electron chi connectivity index (χ2n) is 6.74. The zero-order valence-corrected chi connectivity index (χ0v) is 14.5. The van der Waals surface area contributed by atoms with Crippen molar-refractivity contribution in [1.29, 1.82) is 0 Å². The van der Waals surface area contributed by atoms with Crippen molar-refractivity contribution >= 4 is 5.91 Å². The Balaban J connectivity index is 1.42. The summed E-state index contributed by atoms with van der Waals surface area (Å²) in [6.07, 6.45) is 2.27. The van der Waals surface area contributed by atoms with Gasteiger partial charge >= 0.3 is 0 Å². The van der Waals surface area contributed by atoms with Gasteiger partial charge in [-0.25, -0.2) is 0 Å². The van der Waals surface area contributed by atoms with Gasteiger partial charge < -0.3 is 9.73 Å². The monoisotopic (exact) mass is 326 g/mol. The maximum absolute atomic E-state index is 12.2. The molecule has 1 aromatic carbocycles. The van der Waals surface area contributed by atoms with Crippen LogP contribution in [0.3, 0.4) is 0 Å². The highest BCUT2D eigenvalue weighted by atomic mass is 16.3. The van der Waals surface area contributed by atoms with E-state index in [0.717, 1.165) is 44.8 Å². The standard InChI is InChI=1S/C20H26N2O2/c1-15-12-19(16(2)24-15)20(23)21-13-17-8-10-22(11-9-17)14-18-6-4-3-5-7-18/h3-7,12,17H,8-11,13-14H2,1-2H3,(H,21,23). The summed E-state index contributed by atoms with van der Waals surface area (Å²) in [7, 11) is 0. The molecule has 0 atom stereocenters. The number of benzene rings is 1. The lowest BCUT2D eigenvalue weighted by Gasteiger charge is -2.32. The molecule has 24 heavy (non-hydrogen) atoms. The van der Waals surface area contributed by atoms with Crippen LogP contribution < -0.4 is 5.32 Å². The Morgan fingerprint density at radius 3 is 2.54 bits per heavy atom. The second-order valence-corrected chi connectivity index (χ2v) is 6.74. The molecule has 2 aromatic rings. The molecule has 1 aromatic heterocycles. The van der Waals surface area contributed by atoms with Crippen molar-refractivity contribution in [1.82, 2.24) is 10.2 Å². The summed E-state index contributed by atoms with van der Waals surface area (Å²) in [6.45, 7) is 7.67. The third-order valence-electron chi connectivity index (χ3n) is 4.79. The fourth-order valence-electron chi connectivity index (χ4n) is 3.38. The molecule has 1 amide bonds. The molecule has 128 valence electrons. The topological polar surface area (TPSA) is 45.5 Å². The van der Waals surface area contributed by atoms with Crippen molar-refractivity contribution in [3.63, 3.8) is 0 Å². The molecule has 0 spiro atoms. The molecule has 3 rings (SSSR count). The minimum atomic E-state index is -0.0175. The Morgan fingerprint density at radius 2 is 1.92 bits per heavy atom. The molecule has 0 unspecified atom stereocenters. The van der Waals surface area contributed by atoms with E-state index >= 15 is 0 Å². The SMILES string of the molecule is Cc1cc(C(=O)NCC2CCN(Cc3ccccc3)CC2)c(C)o1. The van der Waals surface area contributed by atoms with Crippen molar-refractivity contribution in [2.45, 2.75) is 33.2 Å². The van der Waals surface area contributed by atoms with Crippen molar-refractivity contribution < 1.29 is 9.21 Å². The Bertz CT molecular complexity index is 670. The van der Waals surface area contributed by atoms with Gasteiger partial charge in [0.1, 0.15) is 11.5 Å². The van der Waals surface area contributed by atoms with E-state index in [1.807, 2.05) is 19.9 Å². The fraction of sp³-hybridized carbons (Fsp3) is 0.450. The number of hydrogen-bond donors (Lipinski definition) is 1. The van der Waals surface area contributed by atoms with Gasteiger partial charge in [0.2, 0.25) is 0 Å². The first-order valence-electron chi connectivity index (χ1n) is 8.73. The Morgan fingerprint density at radius 1 is 1.21 bits per heavy atom. The van der Waals surface area contributed by atoms with Crippen LogP contribution in [-0.2, 0) is 6.54 Å². The van der Waals surface area contributed by atoms with Crippen molar-refractivity contribution in [3.8, 4) is 0 Å². The lowest BCUT2D eigenvalue weighted by atomic mass is 9.96. The first kappa shape index (κ1) is 16.8. The number of hydrogen-bond acceptors (Lipinski definition) is 3. The average molecular weight is 326 g/mol. The van der Waals surface area contributed by atoms with Crippen LogP contribution >= 0.6 is 0 Å². The maximum atomic E-state index is 12.2. The number of carbonyl (C=O) groups excluding carboxylic acids is 1. The predicted octanol–water partition coefficient (Wildman–Crippen LogP) is 3.54. The zero-order chi connectivity index (χ0) is 16.9. The largest absolute Gasteiger partial charge is 0.466 e. The first-order valence-corrected chi connectivity index (χ1v) is 8.73. The van der Waals surface area contributed by atoms with Crippen molar-refractivity contribution in [3.05, 3.63) is 59.0 Å². The van der Waals surface area contributed by atoms with Crippen LogP contribution in [0.5, 0.6) is 0 Å². The highest BCUT2D eigenvalue weighted by Crippen LogP contribution is 2.19. The van der Waals surface area contributed by atoms with Gasteiger partial charge in [-0.3, -0.25) is 9.69 Å². The predicted molar refractivity (Wildman–Crippen MR) is 95.0 cm³/mol. The molecular weight excluding hydrogens is 300 g/mol. The summed E-state index contributed by atoms with van der Waals surface area (Å²) in [5.41, 5.74) is 2.03. The number of rotatable bonds is 5. The van der Waals surface area contributed by atoms with E-state index in [1.165, 1.54) is 5.56 Å². The molecule has 4 heteroatoms. The van der Waals surface area contributed by atoms with E-state index in [9.17, 15) is 4.79 Å². The summed E-state index contributed by atoms with van der Waals surface area (Å²) in [5, 5.41) is 3.07. The summed E-state index contributed by atoms with van der Waals surface area (Å²) in [6, 6.07) is 12.4. The molecule has 1 fully saturated rings. The van der Waals surface area contributed by atoms with Crippen LogP contribution in [0.15, 0.2) is 40.8 Å². The third-order valence-corrected chi connectivity index (χ3v) is 4.79. The lowest BCUT2D eigenvalue weighted by Crippen LogP contribution is -2.38. The first-order chi connectivity index (χ1) is 11.6. The average Bonchev–Trinajstić information content (AvgIpc) is 2.93. The quantitative estimate of drug-likeness (QED) is 0.914. The van der Waals surface area contributed by atoms with E-state index in [1.54, 1.807) is 0 Å². The summed E-state index contributed by atoms with van der Waals surface area (Å²) < 4.78 is 5.43. The number of nitrogens with zero attached hydrogens (tertiary/aromatic N) is 1. The van der Waals surface area contributed by atoms with E-state index in [-0.39, 0.29) is 5.91 Å². The number of amides is 1. The van der Waals surface area contributed by atoms with Gasteiger partial charge in [0.25, 0.3) is 5.91 Å². The smallest absolute Gasteiger partial charge is 0.254 e. The van der Waals surface area contributed by atoms with Gasteiger partial charge in [-0.15, -0.1) is 0 Å². The molecular formula is C20H26N2O2. The fourth-order valence-corrected chi connectivity index (χ4v) is 3.38. The van der Waals surface area contributed by atoms with E-state index in [4.69, 9.17) is 4.42 Å². The number of piperidine rings is 1. The van der Waals surface area contributed by atoms with Crippen LogP contribution in [0.2, 0.25) is 0 Å². The highest BCUT2D eigenvalue weighted by molar-refractivity contribution is 5.95. The van der Waals surface area contributed by atoms with Gasteiger partial charge in [0.05, 0.1) is 5.56 Å². The second kappa shape index (κ2) is 7.67. The minimum Gasteiger partial charge on any atom is -0.466 e. The Kier molecular flexibility index (Phi) is 5.36. The number of likely N-dealkylation sites (tertiary alicyclic amines) is 1. The minimum absolute atomic E-state index is 0.0175. The van der Waals surface area contributed by atoms with Gasteiger partial charge in [0.15, 0.2) is 0 Å². The van der Waals surface area contributed by atoms with Crippen LogP contribution in [0.1, 0.15) is 40.3 Å². The summed E-state index contributed by atoms with van der Waals surface area (Å²) in [4.78, 5) is 14.7. The Labute approximate surface area is 143 Å². The van der Waals surface area contributed by atoms with Gasteiger partial charge in [-0.1, -0.05) is 30.3 Å². The maximum Gasteiger partial charge on any atom is 0.254 e. The molecule has 1 N–H and O–H groups in total. The lowest BCUT2D eigenvalue weighted by molar-refractivity contribution is 0.0933. The molecule has 4 nitrogen and oxygen atoms in total. The van der Waals surface area contributed by atoms with Crippen LogP contribution in [0.4, 0.5) is 0 Å². The van der Waals surface area contributed by atoms with Gasteiger partial charge in [-0.05, 0) is 57.3 Å². The molecule has 2 heterocycles. The molecule has 0 bridgehead atoms. The molecule has 1 saturated heterocycles. The van der Waals surface area contributed by atoms with E-state index in [0.29, 0.717) is 17.2 Å². The number of aryl methyl sites for hydroxylation is 2. The number of nitrogens with one attached hydrogen (secondary N) is 1. The molecule has 1 aliphatic rings. The van der Waals surface area contributed by atoms with Gasteiger partial charge in [0, 0.05) is 13.1 Å². The summed E-state index contributed by atoms with van der Waals surface area (Å²) >= 11 is 0. The van der Waals surface area contributed by atoms with Crippen molar-refractivity contribution in [2.24, 2.45) is 5.92 Å². The zero-order valence-electron chi connectivity index (χ0n) is 14.5.